The van der Waals surface area contributed by atoms with E-state index in [0.29, 0.717) is 25.7 Å². The fourth-order valence-corrected chi connectivity index (χ4v) is 5.33. The zero-order chi connectivity index (χ0) is 28.2. The molecule has 2 fully saturated rings. The molecule has 9 nitrogen and oxygen atoms in total. The summed E-state index contributed by atoms with van der Waals surface area (Å²) in [5.41, 5.74) is 0.863. The number of nitrogens with one attached hydrogen (secondary N) is 4. The Labute approximate surface area is 230 Å². The molecule has 1 aliphatic carbocycles. The molecule has 1 heterocycles. The van der Waals surface area contributed by atoms with Crippen LogP contribution in [-0.4, -0.2) is 54.6 Å². The van der Waals surface area contributed by atoms with Crippen molar-refractivity contribution in [3.63, 3.8) is 0 Å². The van der Waals surface area contributed by atoms with E-state index in [2.05, 4.69) is 21.3 Å². The van der Waals surface area contributed by atoms with Crippen molar-refractivity contribution in [2.45, 2.75) is 83.3 Å². The van der Waals surface area contributed by atoms with Crippen molar-refractivity contribution < 1.29 is 24.0 Å². The van der Waals surface area contributed by atoms with E-state index in [4.69, 9.17) is 0 Å². The predicted octanol–water partition coefficient (Wildman–Crippen LogP) is 2.51. The Morgan fingerprint density at radius 2 is 1.67 bits per heavy atom. The van der Waals surface area contributed by atoms with E-state index in [1.54, 1.807) is 6.08 Å². The average molecular weight is 539 g/mol. The fourth-order valence-electron chi connectivity index (χ4n) is 5.33. The van der Waals surface area contributed by atoms with E-state index in [-0.39, 0.29) is 30.1 Å². The van der Waals surface area contributed by atoms with Crippen LogP contribution in [0.4, 0.5) is 0 Å². The SMILES string of the molecule is CC(C)C(NC(=O)/C=C/c1ccccc1)C(=O)N[C@@H](CC1CCCCC1)C(=O)N[C@H](C=O)C[C@@H]1CCNC1=O. The number of aldehydes is 1. The monoisotopic (exact) mass is 538 g/mol. The van der Waals surface area contributed by atoms with Gasteiger partial charge in [0.05, 0.1) is 6.04 Å². The first-order chi connectivity index (χ1) is 18.8. The second kappa shape index (κ2) is 15.2. The predicted molar refractivity (Wildman–Crippen MR) is 149 cm³/mol. The van der Waals surface area contributed by atoms with Gasteiger partial charge in [0, 0.05) is 18.5 Å². The number of hydrogen-bond acceptors (Lipinski definition) is 5. The lowest BCUT2D eigenvalue weighted by Crippen LogP contribution is -2.56. The molecule has 1 unspecified atom stereocenters. The van der Waals surface area contributed by atoms with Crippen molar-refractivity contribution >= 4 is 36.0 Å². The van der Waals surface area contributed by atoms with Gasteiger partial charge < -0.3 is 26.1 Å². The van der Waals surface area contributed by atoms with Crippen LogP contribution >= 0.6 is 0 Å². The number of amides is 4. The zero-order valence-electron chi connectivity index (χ0n) is 23.0. The molecule has 4 atom stereocenters. The summed E-state index contributed by atoms with van der Waals surface area (Å²) in [6, 6.07) is 6.86. The molecular weight excluding hydrogens is 496 g/mol. The van der Waals surface area contributed by atoms with Crippen LogP contribution in [0.15, 0.2) is 36.4 Å². The average Bonchev–Trinajstić information content (AvgIpc) is 3.34. The highest BCUT2D eigenvalue weighted by atomic mass is 16.2. The van der Waals surface area contributed by atoms with Crippen molar-refractivity contribution in [2.24, 2.45) is 17.8 Å². The van der Waals surface area contributed by atoms with E-state index in [0.717, 1.165) is 37.7 Å². The molecule has 9 heteroatoms. The van der Waals surface area contributed by atoms with Gasteiger partial charge in [-0.05, 0) is 42.7 Å². The summed E-state index contributed by atoms with van der Waals surface area (Å²) in [4.78, 5) is 63.1. The number of rotatable bonds is 13. The molecule has 0 bridgehead atoms. The highest BCUT2D eigenvalue weighted by molar-refractivity contribution is 5.97. The smallest absolute Gasteiger partial charge is 0.244 e. The molecule has 1 saturated carbocycles. The summed E-state index contributed by atoms with van der Waals surface area (Å²) in [5, 5.41) is 11.1. The Balaban J connectivity index is 1.67. The molecule has 1 saturated heterocycles. The maximum Gasteiger partial charge on any atom is 0.244 e. The quantitative estimate of drug-likeness (QED) is 0.226. The minimum Gasteiger partial charge on any atom is -0.356 e. The van der Waals surface area contributed by atoms with Gasteiger partial charge in [-0.25, -0.2) is 0 Å². The molecule has 2 aliphatic rings. The largest absolute Gasteiger partial charge is 0.356 e. The molecular formula is C30H42N4O5. The minimum atomic E-state index is -0.849. The van der Waals surface area contributed by atoms with Crippen LogP contribution in [-0.2, 0) is 24.0 Å². The summed E-state index contributed by atoms with van der Waals surface area (Å²) in [5.74, 6) is -1.66. The Morgan fingerprint density at radius 3 is 2.28 bits per heavy atom. The lowest BCUT2D eigenvalue weighted by molar-refractivity contribution is -0.133. The maximum absolute atomic E-state index is 13.4. The Morgan fingerprint density at radius 1 is 0.949 bits per heavy atom. The van der Waals surface area contributed by atoms with Crippen molar-refractivity contribution in [3.8, 4) is 0 Å². The molecule has 0 radical (unpaired) electrons. The van der Waals surface area contributed by atoms with Crippen LogP contribution in [0.2, 0.25) is 0 Å². The van der Waals surface area contributed by atoms with Crippen LogP contribution in [0, 0.1) is 17.8 Å². The third kappa shape index (κ3) is 9.64. The second-order valence-corrected chi connectivity index (χ2v) is 11.0. The van der Waals surface area contributed by atoms with Gasteiger partial charge in [-0.15, -0.1) is 0 Å². The molecule has 39 heavy (non-hydrogen) atoms. The van der Waals surface area contributed by atoms with E-state index in [9.17, 15) is 24.0 Å². The van der Waals surface area contributed by atoms with E-state index in [1.165, 1.54) is 6.08 Å². The Kier molecular flexibility index (Phi) is 11.7. The molecule has 1 aromatic rings. The van der Waals surface area contributed by atoms with Gasteiger partial charge in [-0.2, -0.15) is 0 Å². The normalized spacial score (nSPS) is 20.2. The first-order valence-electron chi connectivity index (χ1n) is 14.1. The van der Waals surface area contributed by atoms with Crippen LogP contribution in [0.3, 0.4) is 0 Å². The van der Waals surface area contributed by atoms with Gasteiger partial charge in [-0.1, -0.05) is 76.3 Å². The van der Waals surface area contributed by atoms with Crippen molar-refractivity contribution in [1.82, 2.24) is 21.3 Å². The van der Waals surface area contributed by atoms with Crippen molar-refractivity contribution in [2.75, 3.05) is 6.54 Å². The molecule has 1 aliphatic heterocycles. The molecule has 4 N–H and O–H groups in total. The number of hydrogen-bond donors (Lipinski definition) is 4. The molecule has 1 aromatic carbocycles. The summed E-state index contributed by atoms with van der Waals surface area (Å²) < 4.78 is 0. The van der Waals surface area contributed by atoms with Gasteiger partial charge in [0.15, 0.2) is 0 Å². The van der Waals surface area contributed by atoms with Crippen LogP contribution in [0.5, 0.6) is 0 Å². The third-order valence-electron chi connectivity index (χ3n) is 7.59. The van der Waals surface area contributed by atoms with Crippen molar-refractivity contribution in [3.05, 3.63) is 42.0 Å². The zero-order valence-corrected chi connectivity index (χ0v) is 23.0. The molecule has 0 spiro atoms. The van der Waals surface area contributed by atoms with Gasteiger partial charge in [0.1, 0.15) is 18.4 Å². The topological polar surface area (TPSA) is 133 Å². The second-order valence-electron chi connectivity index (χ2n) is 11.0. The summed E-state index contributed by atoms with van der Waals surface area (Å²) in [6.45, 7) is 4.22. The summed E-state index contributed by atoms with van der Waals surface area (Å²) in [6.07, 6.45) is 10.3. The van der Waals surface area contributed by atoms with Crippen LogP contribution < -0.4 is 21.3 Å². The number of carbonyl (C=O) groups excluding carboxylic acids is 5. The third-order valence-corrected chi connectivity index (χ3v) is 7.59. The molecule has 212 valence electrons. The number of carbonyl (C=O) groups is 5. The van der Waals surface area contributed by atoms with Gasteiger partial charge >= 0.3 is 0 Å². The van der Waals surface area contributed by atoms with E-state index in [1.807, 2.05) is 44.2 Å². The Hall–Kier alpha value is -3.49. The Bertz CT molecular complexity index is 1020. The maximum atomic E-state index is 13.4. The lowest BCUT2D eigenvalue weighted by atomic mass is 9.84. The van der Waals surface area contributed by atoms with E-state index >= 15 is 0 Å². The lowest BCUT2D eigenvalue weighted by Gasteiger charge is -2.29. The van der Waals surface area contributed by atoms with Crippen molar-refractivity contribution in [1.29, 1.82) is 0 Å². The fraction of sp³-hybridized carbons (Fsp3) is 0.567. The summed E-state index contributed by atoms with van der Waals surface area (Å²) in [7, 11) is 0. The highest BCUT2D eigenvalue weighted by Crippen LogP contribution is 2.27. The molecule has 3 rings (SSSR count). The summed E-state index contributed by atoms with van der Waals surface area (Å²) >= 11 is 0. The highest BCUT2D eigenvalue weighted by Gasteiger charge is 2.33. The van der Waals surface area contributed by atoms with Gasteiger partial charge in [0.25, 0.3) is 0 Å². The first-order valence-corrected chi connectivity index (χ1v) is 14.1. The van der Waals surface area contributed by atoms with Crippen LogP contribution in [0.1, 0.15) is 70.8 Å². The molecule has 0 aromatic heterocycles. The van der Waals surface area contributed by atoms with Gasteiger partial charge in [-0.3, -0.25) is 19.2 Å². The minimum absolute atomic E-state index is 0.111. The number of benzene rings is 1. The molecule has 4 amide bonds. The van der Waals surface area contributed by atoms with E-state index < -0.39 is 35.8 Å². The first kappa shape index (κ1) is 30.1. The van der Waals surface area contributed by atoms with Crippen LogP contribution in [0.25, 0.3) is 6.08 Å². The van der Waals surface area contributed by atoms with Gasteiger partial charge in [0.2, 0.25) is 23.6 Å². The standard InChI is InChI=1S/C30H42N4O5/c1-20(2)27(34-26(36)14-13-21-9-5-3-6-10-21)30(39)33-25(17-22-11-7-4-8-12-22)29(38)32-24(19-35)18-23-15-16-31-28(23)37/h3,5-6,9-10,13-14,19-20,22-25,27H,4,7-8,11-12,15-18H2,1-2H3,(H,31,37)(H,32,38)(H,33,39)(H,34,36)/b14-13+/t23-,24-,25-,27?/m0/s1.